The average Bonchev–Trinajstić information content (AvgIpc) is 2.71. The molecule has 1 aromatic heterocycles. The smallest absolute Gasteiger partial charge is 0.130 e. The molecular formula is C10H17N3OS. The van der Waals surface area contributed by atoms with Gasteiger partial charge < -0.3 is 10.1 Å². The van der Waals surface area contributed by atoms with Crippen LogP contribution in [-0.4, -0.2) is 28.3 Å². The number of rotatable bonds is 4. The van der Waals surface area contributed by atoms with Crippen molar-refractivity contribution in [2.45, 2.75) is 44.8 Å². The molecule has 84 valence electrons. The topological polar surface area (TPSA) is 47.0 Å². The summed E-state index contributed by atoms with van der Waals surface area (Å²) in [4.78, 5) is 0. The van der Waals surface area contributed by atoms with Gasteiger partial charge in [-0.3, -0.25) is 0 Å². The molecule has 1 aliphatic heterocycles. The number of aromatic nitrogens is 2. The van der Waals surface area contributed by atoms with Crippen LogP contribution in [-0.2, 0) is 4.74 Å². The summed E-state index contributed by atoms with van der Waals surface area (Å²) in [6.45, 7) is 3.07. The van der Waals surface area contributed by atoms with Crippen molar-refractivity contribution in [1.82, 2.24) is 9.59 Å². The molecule has 1 fully saturated rings. The van der Waals surface area contributed by atoms with Gasteiger partial charge in [-0.25, -0.2) is 0 Å². The molecule has 0 aromatic carbocycles. The molecular weight excluding hydrogens is 210 g/mol. The summed E-state index contributed by atoms with van der Waals surface area (Å²) in [5, 5.41) is 8.35. The fraction of sp³-hybridized carbons (Fsp3) is 0.800. The number of hydrogen-bond donors (Lipinski definition) is 1. The van der Waals surface area contributed by atoms with E-state index >= 15 is 0 Å². The molecule has 0 spiro atoms. The van der Waals surface area contributed by atoms with Gasteiger partial charge in [-0.2, -0.15) is 0 Å². The molecule has 15 heavy (non-hydrogen) atoms. The third-order valence-corrected chi connectivity index (χ3v) is 3.28. The lowest BCUT2D eigenvalue weighted by Crippen LogP contribution is -2.33. The molecule has 1 N–H and O–H groups in total. The Morgan fingerprint density at radius 1 is 1.67 bits per heavy atom. The van der Waals surface area contributed by atoms with Gasteiger partial charge in [0.15, 0.2) is 0 Å². The number of hydrogen-bond acceptors (Lipinski definition) is 5. The van der Waals surface area contributed by atoms with E-state index in [0.717, 1.165) is 24.4 Å². The molecule has 0 amide bonds. The predicted molar refractivity (Wildman–Crippen MR) is 61.2 cm³/mol. The molecule has 0 saturated carbocycles. The Kier molecular flexibility index (Phi) is 3.91. The van der Waals surface area contributed by atoms with Crippen molar-refractivity contribution in [3.05, 3.63) is 6.20 Å². The standard InChI is InChI=1S/C10H17N3OS/c1-2-3-9-6-8(4-5-14-9)12-10-7-11-13-15-10/h7-9,12H,2-6H2,1H3. The zero-order chi connectivity index (χ0) is 10.5. The van der Waals surface area contributed by atoms with Gasteiger partial charge in [0, 0.05) is 24.2 Å². The van der Waals surface area contributed by atoms with Gasteiger partial charge in [0.1, 0.15) is 5.00 Å². The molecule has 2 heterocycles. The molecule has 0 radical (unpaired) electrons. The quantitative estimate of drug-likeness (QED) is 0.857. The molecule has 0 bridgehead atoms. The van der Waals surface area contributed by atoms with E-state index in [2.05, 4.69) is 21.8 Å². The summed E-state index contributed by atoms with van der Waals surface area (Å²) in [6, 6.07) is 0.526. The van der Waals surface area contributed by atoms with Crippen molar-refractivity contribution in [3.63, 3.8) is 0 Å². The van der Waals surface area contributed by atoms with Crippen LogP contribution in [0.15, 0.2) is 6.20 Å². The van der Waals surface area contributed by atoms with Gasteiger partial charge in [-0.05, 0) is 19.3 Å². The normalized spacial score (nSPS) is 26.5. The number of ether oxygens (including phenoxy) is 1. The van der Waals surface area contributed by atoms with Gasteiger partial charge in [0.2, 0.25) is 0 Å². The SMILES string of the molecule is CCCC1CC(Nc2cnns2)CCO1. The molecule has 1 aliphatic rings. The van der Waals surface area contributed by atoms with Crippen molar-refractivity contribution in [2.75, 3.05) is 11.9 Å². The van der Waals surface area contributed by atoms with Crippen molar-refractivity contribution in [2.24, 2.45) is 0 Å². The first kappa shape index (κ1) is 10.8. The first-order valence-electron chi connectivity index (χ1n) is 5.54. The van der Waals surface area contributed by atoms with E-state index < -0.39 is 0 Å². The molecule has 0 aliphatic carbocycles. The maximum Gasteiger partial charge on any atom is 0.130 e. The fourth-order valence-electron chi connectivity index (χ4n) is 1.97. The summed E-state index contributed by atoms with van der Waals surface area (Å²) in [5.41, 5.74) is 0. The van der Waals surface area contributed by atoms with Crippen LogP contribution in [0.1, 0.15) is 32.6 Å². The lowest BCUT2D eigenvalue weighted by molar-refractivity contribution is 0.00602. The molecule has 2 atom stereocenters. The second-order valence-corrected chi connectivity index (χ2v) is 4.71. The van der Waals surface area contributed by atoms with E-state index in [1.165, 1.54) is 24.4 Å². The zero-order valence-electron chi connectivity index (χ0n) is 8.98. The van der Waals surface area contributed by atoms with Crippen molar-refractivity contribution in [3.8, 4) is 0 Å². The Hall–Kier alpha value is -0.680. The van der Waals surface area contributed by atoms with E-state index in [0.29, 0.717) is 12.1 Å². The third-order valence-electron chi connectivity index (χ3n) is 2.69. The van der Waals surface area contributed by atoms with Crippen LogP contribution in [0.2, 0.25) is 0 Å². The van der Waals surface area contributed by atoms with E-state index in [-0.39, 0.29) is 0 Å². The highest BCUT2D eigenvalue weighted by Crippen LogP contribution is 2.22. The van der Waals surface area contributed by atoms with Gasteiger partial charge >= 0.3 is 0 Å². The van der Waals surface area contributed by atoms with E-state index in [4.69, 9.17) is 4.74 Å². The van der Waals surface area contributed by atoms with E-state index in [1.807, 2.05) is 0 Å². The number of anilines is 1. The Labute approximate surface area is 94.2 Å². The van der Waals surface area contributed by atoms with Crippen LogP contribution in [0.4, 0.5) is 5.00 Å². The number of nitrogens with zero attached hydrogens (tertiary/aromatic N) is 2. The summed E-state index contributed by atoms with van der Waals surface area (Å²) in [7, 11) is 0. The molecule has 2 unspecified atom stereocenters. The Morgan fingerprint density at radius 2 is 2.60 bits per heavy atom. The summed E-state index contributed by atoms with van der Waals surface area (Å²) >= 11 is 1.42. The molecule has 2 rings (SSSR count). The second-order valence-electron chi connectivity index (χ2n) is 3.93. The van der Waals surface area contributed by atoms with E-state index in [9.17, 15) is 0 Å². The Morgan fingerprint density at radius 3 is 3.33 bits per heavy atom. The minimum absolute atomic E-state index is 0.433. The molecule has 1 saturated heterocycles. The largest absolute Gasteiger partial charge is 0.378 e. The minimum atomic E-state index is 0.433. The minimum Gasteiger partial charge on any atom is -0.378 e. The molecule has 1 aromatic rings. The van der Waals surface area contributed by atoms with Crippen molar-refractivity contribution >= 4 is 16.5 Å². The van der Waals surface area contributed by atoms with Crippen LogP contribution in [0, 0.1) is 0 Å². The van der Waals surface area contributed by atoms with Gasteiger partial charge in [-0.15, -0.1) is 5.10 Å². The zero-order valence-corrected chi connectivity index (χ0v) is 9.80. The van der Waals surface area contributed by atoms with Crippen molar-refractivity contribution < 1.29 is 4.74 Å². The first-order chi connectivity index (χ1) is 7.38. The average molecular weight is 227 g/mol. The maximum absolute atomic E-state index is 5.70. The van der Waals surface area contributed by atoms with Crippen molar-refractivity contribution in [1.29, 1.82) is 0 Å². The summed E-state index contributed by atoms with van der Waals surface area (Å²) in [5.74, 6) is 0. The molecule has 5 heteroatoms. The van der Waals surface area contributed by atoms with Crippen LogP contribution in [0.25, 0.3) is 0 Å². The highest BCUT2D eigenvalue weighted by molar-refractivity contribution is 7.09. The second kappa shape index (κ2) is 5.42. The summed E-state index contributed by atoms with van der Waals surface area (Å²) < 4.78 is 9.54. The van der Waals surface area contributed by atoms with E-state index in [1.54, 1.807) is 6.20 Å². The van der Waals surface area contributed by atoms with Crippen LogP contribution >= 0.6 is 11.5 Å². The molecule has 4 nitrogen and oxygen atoms in total. The fourth-order valence-corrected chi connectivity index (χ4v) is 2.46. The predicted octanol–water partition coefficient (Wildman–Crippen LogP) is 2.30. The Balaban J connectivity index is 1.82. The third kappa shape index (κ3) is 3.14. The van der Waals surface area contributed by atoms with Crippen LogP contribution < -0.4 is 5.32 Å². The lowest BCUT2D eigenvalue weighted by Gasteiger charge is -2.29. The highest BCUT2D eigenvalue weighted by atomic mass is 32.1. The Bertz CT molecular complexity index is 276. The van der Waals surface area contributed by atoms with Gasteiger partial charge in [0.25, 0.3) is 0 Å². The monoisotopic (exact) mass is 227 g/mol. The maximum atomic E-state index is 5.70. The first-order valence-corrected chi connectivity index (χ1v) is 6.31. The summed E-state index contributed by atoms with van der Waals surface area (Å²) in [6.07, 6.45) is 6.76. The van der Waals surface area contributed by atoms with Gasteiger partial charge in [0.05, 0.1) is 12.3 Å². The number of nitrogens with one attached hydrogen (secondary N) is 1. The van der Waals surface area contributed by atoms with Gasteiger partial charge in [-0.1, -0.05) is 17.8 Å². The highest BCUT2D eigenvalue weighted by Gasteiger charge is 2.21. The van der Waals surface area contributed by atoms with Crippen LogP contribution in [0.3, 0.4) is 0 Å². The lowest BCUT2D eigenvalue weighted by atomic mass is 10.0. The van der Waals surface area contributed by atoms with Crippen LogP contribution in [0.5, 0.6) is 0 Å².